The van der Waals surface area contributed by atoms with Crippen molar-refractivity contribution in [2.24, 2.45) is 5.92 Å². The zero-order valence-corrected chi connectivity index (χ0v) is 14.2. The lowest BCUT2D eigenvalue weighted by atomic mass is 9.85. The van der Waals surface area contributed by atoms with Gasteiger partial charge in [0.25, 0.3) is 0 Å². The number of nitrogens with zero attached hydrogens (tertiary/aromatic N) is 1. The molecule has 1 saturated carbocycles. The lowest BCUT2D eigenvalue weighted by molar-refractivity contribution is -0.123. The molecule has 0 unspecified atom stereocenters. The van der Waals surface area contributed by atoms with Gasteiger partial charge in [0.2, 0.25) is 11.8 Å². The van der Waals surface area contributed by atoms with E-state index in [2.05, 4.69) is 5.32 Å². The van der Waals surface area contributed by atoms with Gasteiger partial charge in [-0.2, -0.15) is 0 Å². The summed E-state index contributed by atoms with van der Waals surface area (Å²) in [6, 6.07) is 9.55. The third kappa shape index (κ3) is 4.15. The number of benzene rings is 1. The number of amides is 2. The number of carbonyl (C=O) groups excluding carboxylic acids is 2. The molecule has 0 aromatic heterocycles. The highest BCUT2D eigenvalue weighted by Crippen LogP contribution is 2.28. The van der Waals surface area contributed by atoms with Crippen molar-refractivity contribution in [3.8, 4) is 0 Å². The summed E-state index contributed by atoms with van der Waals surface area (Å²) in [4.78, 5) is 26.2. The maximum absolute atomic E-state index is 12.3. The lowest BCUT2D eigenvalue weighted by Crippen LogP contribution is -2.38. The molecule has 0 spiro atoms. The van der Waals surface area contributed by atoms with Crippen LogP contribution in [-0.2, 0) is 14.3 Å². The van der Waals surface area contributed by atoms with Crippen molar-refractivity contribution in [1.82, 2.24) is 5.32 Å². The van der Waals surface area contributed by atoms with E-state index in [0.29, 0.717) is 31.4 Å². The van der Waals surface area contributed by atoms with Crippen LogP contribution in [0.15, 0.2) is 30.3 Å². The number of nitrogens with one attached hydrogen (secondary N) is 1. The van der Waals surface area contributed by atoms with Crippen molar-refractivity contribution in [3.63, 3.8) is 0 Å². The van der Waals surface area contributed by atoms with Crippen LogP contribution in [0.25, 0.3) is 0 Å². The second kappa shape index (κ2) is 7.79. The first-order valence-corrected chi connectivity index (χ1v) is 8.83. The Labute approximate surface area is 143 Å². The topological polar surface area (TPSA) is 58.6 Å². The zero-order valence-electron chi connectivity index (χ0n) is 14.2. The third-order valence-corrected chi connectivity index (χ3v) is 5.16. The standard InChI is InChI=1S/C19H26N2O3/c1-24-17-9-7-14(8-10-17)11-18(22)20-15-12-19(23)21(13-15)16-5-3-2-4-6-16/h2-6,14-15,17H,7-13H2,1H3,(H,20,22)/t14?,15-,17?/m0/s1. The molecule has 130 valence electrons. The van der Waals surface area contributed by atoms with Crippen LogP contribution in [0.1, 0.15) is 38.5 Å². The second-order valence-corrected chi connectivity index (χ2v) is 6.89. The monoisotopic (exact) mass is 330 g/mol. The summed E-state index contributed by atoms with van der Waals surface area (Å²) in [5.74, 6) is 0.592. The number of rotatable bonds is 5. The van der Waals surface area contributed by atoms with Crippen LogP contribution in [0.5, 0.6) is 0 Å². The maximum Gasteiger partial charge on any atom is 0.229 e. The molecule has 3 rings (SSSR count). The molecule has 24 heavy (non-hydrogen) atoms. The minimum atomic E-state index is -0.0829. The van der Waals surface area contributed by atoms with Gasteiger partial charge in [0.05, 0.1) is 12.1 Å². The molecule has 1 aromatic carbocycles. The van der Waals surface area contributed by atoms with Gasteiger partial charge in [0, 0.05) is 32.2 Å². The van der Waals surface area contributed by atoms with Crippen molar-refractivity contribution in [2.75, 3.05) is 18.6 Å². The van der Waals surface area contributed by atoms with E-state index in [0.717, 1.165) is 31.4 Å². The molecule has 1 aromatic rings. The molecule has 2 amide bonds. The summed E-state index contributed by atoms with van der Waals surface area (Å²) in [7, 11) is 1.76. The third-order valence-electron chi connectivity index (χ3n) is 5.16. The first kappa shape index (κ1) is 17.0. The van der Waals surface area contributed by atoms with Gasteiger partial charge in [-0.3, -0.25) is 9.59 Å². The number of hydrogen-bond donors (Lipinski definition) is 1. The average Bonchev–Trinajstić information content (AvgIpc) is 2.96. The quantitative estimate of drug-likeness (QED) is 0.902. The van der Waals surface area contributed by atoms with Crippen LogP contribution < -0.4 is 10.2 Å². The van der Waals surface area contributed by atoms with Crippen LogP contribution in [0, 0.1) is 5.92 Å². The molecule has 2 fully saturated rings. The molecule has 5 nitrogen and oxygen atoms in total. The normalized spacial score (nSPS) is 27.3. The highest BCUT2D eigenvalue weighted by atomic mass is 16.5. The highest BCUT2D eigenvalue weighted by molar-refractivity contribution is 5.96. The predicted molar refractivity (Wildman–Crippen MR) is 92.7 cm³/mol. The van der Waals surface area contributed by atoms with Crippen molar-refractivity contribution in [1.29, 1.82) is 0 Å². The van der Waals surface area contributed by atoms with Gasteiger partial charge >= 0.3 is 0 Å². The number of methoxy groups -OCH3 is 1. The van der Waals surface area contributed by atoms with Crippen molar-refractivity contribution in [3.05, 3.63) is 30.3 Å². The van der Waals surface area contributed by atoms with Crippen LogP contribution >= 0.6 is 0 Å². The summed E-state index contributed by atoms with van der Waals surface area (Å²) < 4.78 is 5.37. The van der Waals surface area contributed by atoms with E-state index in [4.69, 9.17) is 4.74 Å². The molecule has 1 saturated heterocycles. The second-order valence-electron chi connectivity index (χ2n) is 6.89. The molecule has 1 aliphatic carbocycles. The first-order valence-electron chi connectivity index (χ1n) is 8.83. The fraction of sp³-hybridized carbons (Fsp3) is 0.579. The zero-order chi connectivity index (χ0) is 16.9. The van der Waals surface area contributed by atoms with Crippen molar-refractivity contribution in [2.45, 2.75) is 50.7 Å². The molecular weight excluding hydrogens is 304 g/mol. The maximum atomic E-state index is 12.3. The van der Waals surface area contributed by atoms with E-state index in [1.807, 2.05) is 30.3 Å². The molecule has 0 bridgehead atoms. The van der Waals surface area contributed by atoms with Gasteiger partial charge in [-0.1, -0.05) is 18.2 Å². The molecule has 0 radical (unpaired) electrons. The number of hydrogen-bond acceptors (Lipinski definition) is 3. The Kier molecular flexibility index (Phi) is 5.51. The Morgan fingerprint density at radius 3 is 2.58 bits per heavy atom. The SMILES string of the molecule is COC1CCC(CC(=O)N[C@H]2CC(=O)N(c3ccccc3)C2)CC1. The summed E-state index contributed by atoms with van der Waals surface area (Å²) >= 11 is 0. The average molecular weight is 330 g/mol. The molecule has 5 heteroatoms. The Bertz CT molecular complexity index is 567. The van der Waals surface area contributed by atoms with Gasteiger partial charge < -0.3 is 15.0 Å². The van der Waals surface area contributed by atoms with Crippen molar-refractivity contribution < 1.29 is 14.3 Å². The van der Waals surface area contributed by atoms with E-state index in [9.17, 15) is 9.59 Å². The van der Waals surface area contributed by atoms with E-state index in [1.165, 1.54) is 0 Å². The number of para-hydroxylation sites is 1. The highest BCUT2D eigenvalue weighted by Gasteiger charge is 2.32. The Morgan fingerprint density at radius 2 is 1.92 bits per heavy atom. The minimum Gasteiger partial charge on any atom is -0.381 e. The molecule has 1 N–H and O–H groups in total. The minimum absolute atomic E-state index is 0.0728. The van der Waals surface area contributed by atoms with Crippen LogP contribution in [0.3, 0.4) is 0 Å². The Hall–Kier alpha value is -1.88. The Balaban J connectivity index is 1.47. The molecule has 1 heterocycles. The summed E-state index contributed by atoms with van der Waals surface area (Å²) in [6.07, 6.45) is 5.48. The van der Waals surface area contributed by atoms with E-state index in [-0.39, 0.29) is 17.9 Å². The fourth-order valence-corrected chi connectivity index (χ4v) is 3.78. The summed E-state index contributed by atoms with van der Waals surface area (Å²) in [6.45, 7) is 0.561. The largest absolute Gasteiger partial charge is 0.381 e. The molecule has 2 aliphatic rings. The predicted octanol–water partition coefficient (Wildman–Crippen LogP) is 2.50. The van der Waals surface area contributed by atoms with Gasteiger partial charge in [-0.15, -0.1) is 0 Å². The fourth-order valence-electron chi connectivity index (χ4n) is 3.78. The van der Waals surface area contributed by atoms with Crippen molar-refractivity contribution >= 4 is 17.5 Å². The Morgan fingerprint density at radius 1 is 1.21 bits per heavy atom. The van der Waals surface area contributed by atoms with Crippen LogP contribution in [0.2, 0.25) is 0 Å². The van der Waals surface area contributed by atoms with E-state index in [1.54, 1.807) is 12.0 Å². The van der Waals surface area contributed by atoms with Crippen LogP contribution in [-0.4, -0.2) is 37.6 Å². The van der Waals surface area contributed by atoms with E-state index < -0.39 is 0 Å². The molecular formula is C19H26N2O3. The van der Waals surface area contributed by atoms with Gasteiger partial charge in [-0.25, -0.2) is 0 Å². The van der Waals surface area contributed by atoms with E-state index >= 15 is 0 Å². The number of anilines is 1. The molecule has 1 aliphatic heterocycles. The van der Waals surface area contributed by atoms with Crippen LogP contribution in [0.4, 0.5) is 5.69 Å². The summed E-state index contributed by atoms with van der Waals surface area (Å²) in [5.41, 5.74) is 0.900. The first-order chi connectivity index (χ1) is 11.7. The van der Waals surface area contributed by atoms with Gasteiger partial charge in [0.1, 0.15) is 0 Å². The lowest BCUT2D eigenvalue weighted by Gasteiger charge is -2.27. The number of carbonyl (C=O) groups is 2. The van der Waals surface area contributed by atoms with Gasteiger partial charge in [0.15, 0.2) is 0 Å². The number of ether oxygens (including phenoxy) is 1. The van der Waals surface area contributed by atoms with Gasteiger partial charge in [-0.05, 0) is 43.7 Å². The molecule has 1 atom stereocenters. The summed E-state index contributed by atoms with van der Waals surface area (Å²) in [5, 5.41) is 3.05. The smallest absolute Gasteiger partial charge is 0.229 e.